The minimum absolute atomic E-state index is 0.149. The molecule has 3 rings (SSSR count). The van der Waals surface area contributed by atoms with Gasteiger partial charge in [0.15, 0.2) is 18.1 Å². The Kier molecular flexibility index (Phi) is 5.60. The summed E-state index contributed by atoms with van der Waals surface area (Å²) in [6, 6.07) is 8.53. The zero-order valence-corrected chi connectivity index (χ0v) is 15.5. The second-order valence-electron chi connectivity index (χ2n) is 6.16. The molecule has 25 heavy (non-hydrogen) atoms. The maximum absolute atomic E-state index is 10.9. The summed E-state index contributed by atoms with van der Waals surface area (Å²) in [6.07, 6.45) is 1.11. The Morgan fingerprint density at radius 3 is 2.92 bits per heavy atom. The largest absolute Gasteiger partial charge is 0.490 e. The predicted octanol–water partition coefficient (Wildman–Crippen LogP) is 3.13. The molecule has 2 N–H and O–H groups in total. The summed E-state index contributed by atoms with van der Waals surface area (Å²) in [7, 11) is 0. The number of rotatable bonds is 7. The number of hydrogen-bond donors (Lipinski definition) is 1. The van der Waals surface area contributed by atoms with E-state index in [0.717, 1.165) is 19.5 Å². The zero-order valence-electron chi connectivity index (χ0n) is 14.7. The van der Waals surface area contributed by atoms with Crippen LogP contribution in [-0.4, -0.2) is 30.6 Å². The van der Waals surface area contributed by atoms with Crippen LogP contribution in [0.2, 0.25) is 0 Å². The fourth-order valence-corrected chi connectivity index (χ4v) is 4.16. The quantitative estimate of drug-likeness (QED) is 0.824. The smallest absolute Gasteiger partial charge is 0.255 e. The fourth-order valence-electron chi connectivity index (χ4n) is 3.20. The number of carbonyl (C=O) groups excluding carboxylic acids is 1. The van der Waals surface area contributed by atoms with Gasteiger partial charge in [-0.3, -0.25) is 9.69 Å². The van der Waals surface area contributed by atoms with E-state index in [2.05, 4.69) is 23.3 Å². The highest BCUT2D eigenvalue weighted by Crippen LogP contribution is 2.35. The molecule has 1 atom stereocenters. The third-order valence-electron chi connectivity index (χ3n) is 4.47. The molecular formula is C19H24N2O3S. The number of amides is 1. The lowest BCUT2D eigenvalue weighted by Crippen LogP contribution is -2.32. The van der Waals surface area contributed by atoms with Gasteiger partial charge in [-0.25, -0.2) is 0 Å². The molecule has 6 heteroatoms. The summed E-state index contributed by atoms with van der Waals surface area (Å²) in [5, 5.41) is 2.18. The number of nitrogens with zero attached hydrogens (tertiary/aromatic N) is 1. The SMILES string of the molecule is CCOc1cc(CN2CCc3sccc3C2C)ccc1OCC(N)=O. The molecule has 1 aliphatic rings. The van der Waals surface area contributed by atoms with Crippen molar-refractivity contribution < 1.29 is 14.3 Å². The molecule has 5 nitrogen and oxygen atoms in total. The molecular weight excluding hydrogens is 336 g/mol. The molecule has 134 valence electrons. The van der Waals surface area contributed by atoms with E-state index in [-0.39, 0.29) is 6.61 Å². The summed E-state index contributed by atoms with van der Waals surface area (Å²) in [4.78, 5) is 14.9. The highest BCUT2D eigenvalue weighted by Gasteiger charge is 2.24. The van der Waals surface area contributed by atoms with Crippen molar-refractivity contribution in [2.24, 2.45) is 5.73 Å². The van der Waals surface area contributed by atoms with E-state index in [1.165, 1.54) is 16.0 Å². The third kappa shape index (κ3) is 4.14. The standard InChI is InChI=1S/C19H24N2O3S/c1-3-23-17-10-14(4-5-16(17)24-12-19(20)22)11-21-8-6-18-15(13(21)2)7-9-25-18/h4-5,7,9-10,13H,3,6,8,11-12H2,1-2H3,(H2,20,22). The number of carbonyl (C=O) groups is 1. The summed E-state index contributed by atoms with van der Waals surface area (Å²) in [5.41, 5.74) is 7.77. The number of hydrogen-bond acceptors (Lipinski definition) is 5. The average Bonchev–Trinajstić information content (AvgIpc) is 3.06. The van der Waals surface area contributed by atoms with Crippen LogP contribution in [-0.2, 0) is 17.8 Å². The fraction of sp³-hybridized carbons (Fsp3) is 0.421. The van der Waals surface area contributed by atoms with Crippen molar-refractivity contribution in [2.75, 3.05) is 19.8 Å². The minimum Gasteiger partial charge on any atom is -0.490 e. The molecule has 0 aliphatic carbocycles. The van der Waals surface area contributed by atoms with Crippen LogP contribution in [0.4, 0.5) is 0 Å². The summed E-state index contributed by atoms with van der Waals surface area (Å²) in [5.74, 6) is 0.707. The number of fused-ring (bicyclic) bond motifs is 1. The molecule has 1 aromatic carbocycles. The Balaban J connectivity index is 1.74. The zero-order chi connectivity index (χ0) is 17.8. The van der Waals surface area contributed by atoms with Gasteiger partial charge in [-0.05, 0) is 55.0 Å². The first kappa shape index (κ1) is 17.8. The molecule has 0 saturated carbocycles. The summed E-state index contributed by atoms with van der Waals surface area (Å²) < 4.78 is 11.1. The van der Waals surface area contributed by atoms with E-state index in [0.29, 0.717) is 24.1 Å². The van der Waals surface area contributed by atoms with Gasteiger partial charge < -0.3 is 15.2 Å². The van der Waals surface area contributed by atoms with E-state index in [4.69, 9.17) is 15.2 Å². The van der Waals surface area contributed by atoms with Crippen molar-refractivity contribution in [3.8, 4) is 11.5 Å². The molecule has 2 aromatic rings. The monoisotopic (exact) mass is 360 g/mol. The van der Waals surface area contributed by atoms with Gasteiger partial charge in [0, 0.05) is 24.0 Å². The van der Waals surface area contributed by atoms with Gasteiger partial charge in [0.05, 0.1) is 6.61 Å². The maximum Gasteiger partial charge on any atom is 0.255 e. The predicted molar refractivity (Wildman–Crippen MR) is 99.1 cm³/mol. The van der Waals surface area contributed by atoms with Gasteiger partial charge in [0.1, 0.15) is 0 Å². The summed E-state index contributed by atoms with van der Waals surface area (Å²) in [6.45, 7) is 6.48. The van der Waals surface area contributed by atoms with Gasteiger partial charge in [-0.2, -0.15) is 0 Å². The first-order chi connectivity index (χ1) is 12.1. The normalized spacial score (nSPS) is 17.1. The third-order valence-corrected chi connectivity index (χ3v) is 5.46. The minimum atomic E-state index is -0.500. The van der Waals surface area contributed by atoms with Crippen molar-refractivity contribution in [2.45, 2.75) is 32.9 Å². The number of nitrogens with two attached hydrogens (primary N) is 1. The molecule has 1 amide bonds. The van der Waals surface area contributed by atoms with Crippen molar-refractivity contribution in [1.29, 1.82) is 0 Å². The van der Waals surface area contributed by atoms with Crippen molar-refractivity contribution in [3.05, 3.63) is 45.6 Å². The van der Waals surface area contributed by atoms with Crippen LogP contribution in [0.3, 0.4) is 0 Å². The number of ether oxygens (including phenoxy) is 2. The van der Waals surface area contributed by atoms with E-state index in [9.17, 15) is 4.79 Å². The molecule has 0 saturated heterocycles. The van der Waals surface area contributed by atoms with E-state index >= 15 is 0 Å². The van der Waals surface area contributed by atoms with Gasteiger partial charge in [-0.1, -0.05) is 6.07 Å². The van der Waals surface area contributed by atoms with Crippen molar-refractivity contribution in [1.82, 2.24) is 4.90 Å². The maximum atomic E-state index is 10.9. The Labute approximate surface area is 152 Å². The summed E-state index contributed by atoms with van der Waals surface area (Å²) >= 11 is 1.86. The van der Waals surface area contributed by atoms with E-state index < -0.39 is 5.91 Å². The van der Waals surface area contributed by atoms with Gasteiger partial charge in [-0.15, -0.1) is 11.3 Å². The lowest BCUT2D eigenvalue weighted by atomic mass is 10.0. The molecule has 0 radical (unpaired) electrons. The number of thiophene rings is 1. The Morgan fingerprint density at radius 1 is 1.32 bits per heavy atom. The highest BCUT2D eigenvalue weighted by atomic mass is 32.1. The number of benzene rings is 1. The topological polar surface area (TPSA) is 64.8 Å². The highest BCUT2D eigenvalue weighted by molar-refractivity contribution is 7.10. The second kappa shape index (κ2) is 7.89. The molecule has 0 spiro atoms. The molecule has 0 bridgehead atoms. The first-order valence-corrected chi connectivity index (χ1v) is 9.43. The van der Waals surface area contributed by atoms with Crippen molar-refractivity contribution in [3.63, 3.8) is 0 Å². The van der Waals surface area contributed by atoms with E-state index in [1.54, 1.807) is 0 Å². The average molecular weight is 360 g/mol. The Hall–Kier alpha value is -2.05. The van der Waals surface area contributed by atoms with Crippen LogP contribution in [0.1, 0.15) is 35.9 Å². The molecule has 1 aromatic heterocycles. The Morgan fingerprint density at radius 2 is 2.16 bits per heavy atom. The lowest BCUT2D eigenvalue weighted by molar-refractivity contribution is -0.119. The van der Waals surface area contributed by atoms with Crippen LogP contribution < -0.4 is 15.2 Å². The van der Waals surface area contributed by atoms with Crippen LogP contribution in [0.5, 0.6) is 11.5 Å². The van der Waals surface area contributed by atoms with E-state index in [1.807, 2.05) is 36.5 Å². The molecule has 2 heterocycles. The first-order valence-electron chi connectivity index (χ1n) is 8.55. The Bertz CT molecular complexity index is 744. The molecule has 1 aliphatic heterocycles. The van der Waals surface area contributed by atoms with Crippen LogP contribution in [0, 0.1) is 0 Å². The lowest BCUT2D eigenvalue weighted by Gasteiger charge is -2.33. The van der Waals surface area contributed by atoms with Gasteiger partial charge >= 0.3 is 0 Å². The van der Waals surface area contributed by atoms with Gasteiger partial charge in [0.25, 0.3) is 5.91 Å². The van der Waals surface area contributed by atoms with Crippen LogP contribution in [0.15, 0.2) is 29.6 Å². The molecule has 0 fully saturated rings. The van der Waals surface area contributed by atoms with Crippen LogP contribution in [0.25, 0.3) is 0 Å². The van der Waals surface area contributed by atoms with Crippen molar-refractivity contribution >= 4 is 17.2 Å². The molecule has 1 unspecified atom stereocenters. The van der Waals surface area contributed by atoms with Crippen LogP contribution >= 0.6 is 11.3 Å². The van der Waals surface area contributed by atoms with Gasteiger partial charge in [0.2, 0.25) is 0 Å². The number of primary amides is 1. The second-order valence-corrected chi connectivity index (χ2v) is 7.17.